The van der Waals surface area contributed by atoms with Crippen LogP contribution in [0.25, 0.3) is 4.96 Å². The molecule has 2 aromatic heterocycles. The zero-order valence-corrected chi connectivity index (χ0v) is 15.1. The molecule has 1 atom stereocenters. The van der Waals surface area contributed by atoms with E-state index in [1.165, 1.54) is 11.3 Å². The van der Waals surface area contributed by atoms with E-state index in [2.05, 4.69) is 15.4 Å². The number of nitrogens with zero attached hydrogens (tertiary/aromatic N) is 3. The van der Waals surface area contributed by atoms with Crippen molar-refractivity contribution in [3.05, 3.63) is 45.7 Å². The number of imidazole rings is 1. The molecule has 0 aliphatic heterocycles. The van der Waals surface area contributed by atoms with Gasteiger partial charge >= 0.3 is 0 Å². The van der Waals surface area contributed by atoms with Gasteiger partial charge in [0.05, 0.1) is 17.9 Å². The lowest BCUT2D eigenvalue weighted by Crippen LogP contribution is -2.36. The fourth-order valence-corrected chi connectivity index (χ4v) is 3.29. The molecule has 0 aliphatic carbocycles. The van der Waals surface area contributed by atoms with Gasteiger partial charge in [-0.15, -0.1) is 0 Å². The number of benzene rings is 1. The Kier molecular flexibility index (Phi) is 4.73. The van der Waals surface area contributed by atoms with Crippen molar-refractivity contribution < 1.29 is 9.53 Å². The molecule has 1 amide bonds. The number of aryl methyl sites for hydroxylation is 2. The first kappa shape index (κ1) is 16.7. The molecule has 0 saturated carbocycles. The average molecular weight is 365 g/mol. The van der Waals surface area contributed by atoms with Crippen LogP contribution in [0.1, 0.15) is 23.3 Å². The summed E-state index contributed by atoms with van der Waals surface area (Å²) in [5.74, 6) is 0.347. The van der Waals surface area contributed by atoms with E-state index in [1.54, 1.807) is 35.7 Å². The molecule has 1 aromatic carbocycles. The first-order valence-electron chi connectivity index (χ1n) is 7.45. The Hall–Kier alpha value is -2.12. The molecule has 0 bridgehead atoms. The maximum absolute atomic E-state index is 12.3. The highest BCUT2D eigenvalue weighted by molar-refractivity contribution is 7.16. The number of hydrogen-bond donors (Lipinski definition) is 1. The van der Waals surface area contributed by atoms with Crippen molar-refractivity contribution in [1.29, 1.82) is 0 Å². The molecule has 0 radical (unpaired) electrons. The van der Waals surface area contributed by atoms with Gasteiger partial charge in [-0.1, -0.05) is 29.0 Å². The van der Waals surface area contributed by atoms with E-state index in [9.17, 15) is 4.79 Å². The number of carbonyl (C=O) groups is 1. The molecule has 3 rings (SSSR count). The molecule has 3 aromatic rings. The second-order valence-electron chi connectivity index (χ2n) is 5.39. The molecule has 0 fully saturated rings. The van der Waals surface area contributed by atoms with Gasteiger partial charge in [0, 0.05) is 5.02 Å². The Labute approximate surface area is 148 Å². The number of rotatable bonds is 5. The standard InChI is InChI=1S/C16H17ClN4O2S/c1-9-14(21-16(19-9)24-11(3)20-21)8-18-15(22)10(2)23-13-6-4-5-12(17)7-13/h4-7,10H,8H2,1-3H3,(H,18,22). The number of fused-ring (bicyclic) bond motifs is 1. The normalized spacial score (nSPS) is 12.3. The summed E-state index contributed by atoms with van der Waals surface area (Å²) in [5, 5.41) is 8.78. The minimum absolute atomic E-state index is 0.212. The van der Waals surface area contributed by atoms with Crippen molar-refractivity contribution >= 4 is 33.8 Å². The van der Waals surface area contributed by atoms with Gasteiger partial charge in [0.25, 0.3) is 5.91 Å². The van der Waals surface area contributed by atoms with Crippen molar-refractivity contribution in [3.8, 4) is 5.75 Å². The molecule has 126 valence electrons. The Bertz CT molecular complexity index is 889. The van der Waals surface area contributed by atoms with Crippen LogP contribution in [0, 0.1) is 13.8 Å². The van der Waals surface area contributed by atoms with Crippen LogP contribution in [0.15, 0.2) is 24.3 Å². The summed E-state index contributed by atoms with van der Waals surface area (Å²) in [7, 11) is 0. The number of ether oxygens (including phenoxy) is 1. The fourth-order valence-electron chi connectivity index (χ4n) is 2.30. The van der Waals surface area contributed by atoms with E-state index in [0.717, 1.165) is 21.4 Å². The lowest BCUT2D eigenvalue weighted by molar-refractivity contribution is -0.127. The Balaban J connectivity index is 1.64. The molecule has 0 aliphatic rings. The molecule has 6 nitrogen and oxygen atoms in total. The van der Waals surface area contributed by atoms with Crippen LogP contribution in [-0.2, 0) is 11.3 Å². The van der Waals surface area contributed by atoms with E-state index >= 15 is 0 Å². The molecule has 0 spiro atoms. The van der Waals surface area contributed by atoms with Crippen molar-refractivity contribution in [1.82, 2.24) is 19.9 Å². The maximum Gasteiger partial charge on any atom is 0.261 e. The number of amides is 1. The molecule has 1 N–H and O–H groups in total. The topological polar surface area (TPSA) is 68.5 Å². The molecule has 0 saturated heterocycles. The molecular formula is C16H17ClN4O2S. The van der Waals surface area contributed by atoms with Crippen LogP contribution in [0.2, 0.25) is 5.02 Å². The molecule has 2 heterocycles. The number of aromatic nitrogens is 3. The summed E-state index contributed by atoms with van der Waals surface area (Å²) < 4.78 is 7.39. The van der Waals surface area contributed by atoms with Gasteiger partial charge in [0.2, 0.25) is 4.96 Å². The number of nitrogens with one attached hydrogen (secondary N) is 1. The second-order valence-corrected chi connectivity index (χ2v) is 6.99. The minimum atomic E-state index is -0.635. The van der Waals surface area contributed by atoms with Crippen LogP contribution in [-0.4, -0.2) is 26.6 Å². The highest BCUT2D eigenvalue weighted by Gasteiger charge is 2.17. The highest BCUT2D eigenvalue weighted by Crippen LogP contribution is 2.19. The Morgan fingerprint density at radius 1 is 1.46 bits per heavy atom. The number of carbonyl (C=O) groups excluding carboxylic acids is 1. The molecular weight excluding hydrogens is 348 g/mol. The van der Waals surface area contributed by atoms with Gasteiger partial charge in [-0.2, -0.15) is 5.10 Å². The smallest absolute Gasteiger partial charge is 0.261 e. The SMILES string of the molecule is Cc1nn2c(CNC(=O)C(C)Oc3cccc(Cl)c3)c(C)nc2s1. The first-order valence-corrected chi connectivity index (χ1v) is 8.65. The zero-order valence-electron chi connectivity index (χ0n) is 13.5. The molecule has 8 heteroatoms. The fraction of sp³-hybridized carbons (Fsp3) is 0.312. The zero-order chi connectivity index (χ0) is 17.3. The summed E-state index contributed by atoms with van der Waals surface area (Å²) in [4.78, 5) is 17.6. The maximum atomic E-state index is 12.3. The predicted octanol–water partition coefficient (Wildman–Crippen LogP) is 3.14. The quantitative estimate of drug-likeness (QED) is 0.755. The van der Waals surface area contributed by atoms with Crippen molar-refractivity contribution in [3.63, 3.8) is 0 Å². The van der Waals surface area contributed by atoms with Gasteiger partial charge in [-0.05, 0) is 39.0 Å². The van der Waals surface area contributed by atoms with Gasteiger partial charge in [0.15, 0.2) is 6.10 Å². The first-order chi connectivity index (χ1) is 11.4. The van der Waals surface area contributed by atoms with E-state index in [1.807, 2.05) is 13.8 Å². The average Bonchev–Trinajstić information content (AvgIpc) is 3.00. The third-order valence-electron chi connectivity index (χ3n) is 3.51. The van der Waals surface area contributed by atoms with E-state index in [-0.39, 0.29) is 5.91 Å². The van der Waals surface area contributed by atoms with E-state index in [4.69, 9.17) is 16.3 Å². The highest BCUT2D eigenvalue weighted by atomic mass is 35.5. The molecule has 1 unspecified atom stereocenters. The lowest BCUT2D eigenvalue weighted by Gasteiger charge is -2.14. The van der Waals surface area contributed by atoms with Crippen LogP contribution in [0.4, 0.5) is 0 Å². The largest absolute Gasteiger partial charge is 0.481 e. The summed E-state index contributed by atoms with van der Waals surface area (Å²) in [6.07, 6.45) is -0.635. The van der Waals surface area contributed by atoms with Crippen molar-refractivity contribution in [2.24, 2.45) is 0 Å². The molecule has 24 heavy (non-hydrogen) atoms. The number of hydrogen-bond acceptors (Lipinski definition) is 5. The minimum Gasteiger partial charge on any atom is -0.481 e. The van der Waals surface area contributed by atoms with Crippen LogP contribution >= 0.6 is 22.9 Å². The van der Waals surface area contributed by atoms with Gasteiger partial charge in [-0.25, -0.2) is 9.50 Å². The predicted molar refractivity (Wildman–Crippen MR) is 93.7 cm³/mol. The monoisotopic (exact) mass is 364 g/mol. The summed E-state index contributed by atoms with van der Waals surface area (Å²) >= 11 is 7.44. The van der Waals surface area contributed by atoms with Crippen LogP contribution < -0.4 is 10.1 Å². The number of halogens is 1. The van der Waals surface area contributed by atoms with Crippen LogP contribution in [0.3, 0.4) is 0 Å². The van der Waals surface area contributed by atoms with E-state index in [0.29, 0.717) is 17.3 Å². The van der Waals surface area contributed by atoms with Crippen molar-refractivity contribution in [2.75, 3.05) is 0 Å². The van der Waals surface area contributed by atoms with Gasteiger partial charge in [-0.3, -0.25) is 4.79 Å². The van der Waals surface area contributed by atoms with Crippen molar-refractivity contribution in [2.45, 2.75) is 33.4 Å². The third kappa shape index (κ3) is 3.52. The van der Waals surface area contributed by atoms with E-state index < -0.39 is 6.10 Å². The summed E-state index contributed by atoms with van der Waals surface area (Å²) in [6, 6.07) is 6.97. The summed E-state index contributed by atoms with van der Waals surface area (Å²) in [6.45, 7) is 5.88. The summed E-state index contributed by atoms with van der Waals surface area (Å²) in [5.41, 5.74) is 1.73. The van der Waals surface area contributed by atoms with Gasteiger partial charge in [0.1, 0.15) is 10.8 Å². The van der Waals surface area contributed by atoms with Crippen LogP contribution in [0.5, 0.6) is 5.75 Å². The second kappa shape index (κ2) is 6.78. The van der Waals surface area contributed by atoms with Gasteiger partial charge < -0.3 is 10.1 Å². The third-order valence-corrected chi connectivity index (χ3v) is 4.56. The Morgan fingerprint density at radius 2 is 2.25 bits per heavy atom. The lowest BCUT2D eigenvalue weighted by atomic mass is 10.3. The Morgan fingerprint density at radius 3 is 3.00 bits per heavy atom.